The SMILES string of the molecule is C=C(C)C(=O)OCCOC(=O)c1ccc(-c2ccc(OC(=O)C(=C)C)c(-c3ccc(OC(=O)C(=C)C)cc3)c2)cc1. The lowest BCUT2D eigenvalue weighted by Gasteiger charge is -2.14. The van der Waals surface area contributed by atoms with Crippen LogP contribution in [0.15, 0.2) is 103 Å². The summed E-state index contributed by atoms with van der Waals surface area (Å²) in [6.45, 7) is 15.2. The minimum Gasteiger partial charge on any atom is -0.459 e. The normalized spacial score (nSPS) is 10.2. The predicted octanol–water partition coefficient (Wildman–Crippen LogP) is 6.26. The van der Waals surface area contributed by atoms with Crippen LogP contribution in [0.3, 0.4) is 0 Å². The average molecular weight is 555 g/mol. The molecule has 0 aliphatic rings. The van der Waals surface area contributed by atoms with Crippen LogP contribution in [0.2, 0.25) is 0 Å². The van der Waals surface area contributed by atoms with E-state index in [4.69, 9.17) is 18.9 Å². The largest absolute Gasteiger partial charge is 0.459 e. The van der Waals surface area contributed by atoms with Crippen molar-refractivity contribution in [3.8, 4) is 33.8 Å². The van der Waals surface area contributed by atoms with Gasteiger partial charge >= 0.3 is 23.9 Å². The molecule has 3 rings (SSSR count). The maximum atomic E-state index is 12.4. The zero-order valence-corrected chi connectivity index (χ0v) is 23.2. The van der Waals surface area contributed by atoms with Crippen LogP contribution in [-0.2, 0) is 23.9 Å². The lowest BCUT2D eigenvalue weighted by atomic mass is 9.97. The minimum absolute atomic E-state index is 0.0715. The molecule has 0 aliphatic carbocycles. The molecule has 0 aliphatic heterocycles. The van der Waals surface area contributed by atoms with Crippen molar-refractivity contribution in [3.05, 3.63) is 109 Å². The van der Waals surface area contributed by atoms with Gasteiger partial charge in [0.05, 0.1) is 5.56 Å². The molecule has 0 bridgehead atoms. The van der Waals surface area contributed by atoms with Crippen LogP contribution in [0, 0.1) is 0 Å². The third-order valence-electron chi connectivity index (χ3n) is 5.61. The zero-order valence-electron chi connectivity index (χ0n) is 23.2. The van der Waals surface area contributed by atoms with Crippen LogP contribution in [-0.4, -0.2) is 37.1 Å². The van der Waals surface area contributed by atoms with Crippen molar-refractivity contribution in [2.75, 3.05) is 13.2 Å². The Labute approximate surface area is 238 Å². The van der Waals surface area contributed by atoms with Crippen molar-refractivity contribution in [1.29, 1.82) is 0 Å². The molecule has 0 radical (unpaired) electrons. The number of carbonyl (C=O) groups excluding carboxylic acids is 4. The first kappa shape index (κ1) is 30.3. The third-order valence-corrected chi connectivity index (χ3v) is 5.61. The molecule has 0 saturated carbocycles. The van der Waals surface area contributed by atoms with Gasteiger partial charge in [-0.05, 0) is 73.9 Å². The Balaban J connectivity index is 1.82. The van der Waals surface area contributed by atoms with Gasteiger partial charge in [0, 0.05) is 22.3 Å². The standard InChI is InChI=1S/C33H30O8/c1-20(2)30(34)38-17-18-39-33(37)25-9-7-23(8-10-25)26-13-16-29(41-32(36)22(5)6)28(19-26)24-11-14-27(15-12-24)40-31(35)21(3)4/h7-16,19H,1,3,5,17-18H2,2,4,6H3. The molecular formula is C33H30O8. The highest BCUT2D eigenvalue weighted by Gasteiger charge is 2.15. The summed E-state index contributed by atoms with van der Waals surface area (Å²) in [5.74, 6) is -1.54. The highest BCUT2D eigenvalue weighted by Crippen LogP contribution is 2.36. The van der Waals surface area contributed by atoms with Gasteiger partial charge in [0.1, 0.15) is 24.7 Å². The van der Waals surface area contributed by atoms with Gasteiger partial charge in [-0.15, -0.1) is 0 Å². The summed E-state index contributed by atoms with van der Waals surface area (Å²) < 4.78 is 20.9. The van der Waals surface area contributed by atoms with Crippen LogP contribution >= 0.6 is 0 Å². The molecule has 0 aromatic heterocycles. The molecule has 0 amide bonds. The van der Waals surface area contributed by atoms with Crippen molar-refractivity contribution in [3.63, 3.8) is 0 Å². The van der Waals surface area contributed by atoms with Crippen LogP contribution in [0.4, 0.5) is 0 Å². The summed E-state index contributed by atoms with van der Waals surface area (Å²) in [6, 6.07) is 18.8. The van der Waals surface area contributed by atoms with Crippen molar-refractivity contribution in [2.45, 2.75) is 20.8 Å². The molecule has 0 unspecified atom stereocenters. The van der Waals surface area contributed by atoms with E-state index in [9.17, 15) is 19.2 Å². The first-order valence-electron chi connectivity index (χ1n) is 12.6. The molecule has 3 aromatic carbocycles. The Morgan fingerprint density at radius 1 is 0.585 bits per heavy atom. The Kier molecular flexibility index (Phi) is 10.1. The topological polar surface area (TPSA) is 105 Å². The van der Waals surface area contributed by atoms with Crippen LogP contribution < -0.4 is 9.47 Å². The fraction of sp³-hybridized carbons (Fsp3) is 0.152. The highest BCUT2D eigenvalue weighted by atomic mass is 16.6. The van der Waals surface area contributed by atoms with E-state index >= 15 is 0 Å². The molecule has 0 spiro atoms. The number of ether oxygens (including phenoxy) is 4. The lowest BCUT2D eigenvalue weighted by Crippen LogP contribution is -2.14. The summed E-state index contributed by atoms with van der Waals surface area (Å²) in [4.78, 5) is 47.9. The van der Waals surface area contributed by atoms with Crippen molar-refractivity contribution >= 4 is 23.9 Å². The molecule has 0 N–H and O–H groups in total. The Morgan fingerprint density at radius 3 is 1.68 bits per heavy atom. The maximum Gasteiger partial charge on any atom is 0.338 e. The smallest absolute Gasteiger partial charge is 0.338 e. The number of benzene rings is 3. The maximum absolute atomic E-state index is 12.4. The fourth-order valence-corrected chi connectivity index (χ4v) is 3.38. The van der Waals surface area contributed by atoms with Crippen molar-refractivity contribution in [1.82, 2.24) is 0 Å². The Morgan fingerprint density at radius 2 is 1.10 bits per heavy atom. The number of esters is 4. The first-order chi connectivity index (χ1) is 19.5. The second-order valence-corrected chi connectivity index (χ2v) is 9.20. The Hall–Kier alpha value is -5.24. The average Bonchev–Trinajstić information content (AvgIpc) is 2.95. The zero-order chi connectivity index (χ0) is 30.1. The molecule has 41 heavy (non-hydrogen) atoms. The number of rotatable bonds is 11. The van der Waals surface area contributed by atoms with Crippen LogP contribution in [0.25, 0.3) is 22.3 Å². The Bertz CT molecular complexity index is 1510. The van der Waals surface area contributed by atoms with E-state index < -0.39 is 23.9 Å². The number of carbonyl (C=O) groups is 4. The molecule has 210 valence electrons. The second kappa shape index (κ2) is 13.7. The molecule has 0 atom stereocenters. The molecular weight excluding hydrogens is 524 g/mol. The summed E-state index contributed by atoms with van der Waals surface area (Å²) in [6.07, 6.45) is 0. The molecule has 3 aromatic rings. The highest BCUT2D eigenvalue weighted by molar-refractivity contribution is 5.92. The number of hydrogen-bond acceptors (Lipinski definition) is 8. The minimum atomic E-state index is -0.566. The quantitative estimate of drug-likeness (QED) is 0.118. The van der Waals surface area contributed by atoms with E-state index in [-0.39, 0.29) is 29.9 Å². The van der Waals surface area contributed by atoms with Crippen LogP contribution in [0.5, 0.6) is 11.5 Å². The summed E-state index contributed by atoms with van der Waals surface area (Å²) in [7, 11) is 0. The van der Waals surface area contributed by atoms with Gasteiger partial charge in [-0.1, -0.05) is 50.1 Å². The van der Waals surface area contributed by atoms with Gasteiger partial charge in [-0.25, -0.2) is 19.2 Å². The van der Waals surface area contributed by atoms with E-state index in [0.29, 0.717) is 28.2 Å². The van der Waals surface area contributed by atoms with Gasteiger partial charge in [-0.2, -0.15) is 0 Å². The van der Waals surface area contributed by atoms with E-state index in [1.165, 1.54) is 6.92 Å². The summed E-state index contributed by atoms with van der Waals surface area (Å²) in [5, 5.41) is 0. The number of hydrogen-bond donors (Lipinski definition) is 0. The van der Waals surface area contributed by atoms with Gasteiger partial charge in [0.2, 0.25) is 0 Å². The summed E-state index contributed by atoms with van der Waals surface area (Å²) in [5.41, 5.74) is 4.02. The van der Waals surface area contributed by atoms with Gasteiger partial charge in [-0.3, -0.25) is 0 Å². The molecule has 8 heteroatoms. The first-order valence-corrected chi connectivity index (χ1v) is 12.6. The molecule has 0 fully saturated rings. The van der Waals surface area contributed by atoms with E-state index in [1.807, 2.05) is 6.07 Å². The molecule has 8 nitrogen and oxygen atoms in total. The van der Waals surface area contributed by atoms with Gasteiger partial charge in [0.15, 0.2) is 0 Å². The molecule has 0 saturated heterocycles. The van der Waals surface area contributed by atoms with Crippen LogP contribution in [0.1, 0.15) is 31.1 Å². The van der Waals surface area contributed by atoms with E-state index in [0.717, 1.165) is 11.1 Å². The van der Waals surface area contributed by atoms with Crippen molar-refractivity contribution in [2.24, 2.45) is 0 Å². The monoisotopic (exact) mass is 554 g/mol. The lowest BCUT2D eigenvalue weighted by molar-refractivity contribution is -0.140. The predicted molar refractivity (Wildman–Crippen MR) is 154 cm³/mol. The van der Waals surface area contributed by atoms with E-state index in [2.05, 4.69) is 19.7 Å². The summed E-state index contributed by atoms with van der Waals surface area (Å²) >= 11 is 0. The van der Waals surface area contributed by atoms with Gasteiger partial charge < -0.3 is 18.9 Å². The second-order valence-electron chi connectivity index (χ2n) is 9.20. The van der Waals surface area contributed by atoms with Crippen molar-refractivity contribution < 1.29 is 38.1 Å². The van der Waals surface area contributed by atoms with Gasteiger partial charge in [0.25, 0.3) is 0 Å². The van der Waals surface area contributed by atoms with E-state index in [1.54, 1.807) is 74.5 Å². The third kappa shape index (κ3) is 8.37. The fourth-order valence-electron chi connectivity index (χ4n) is 3.38. The molecule has 0 heterocycles.